The highest BCUT2D eigenvalue weighted by atomic mass is 16.5. The van der Waals surface area contributed by atoms with Gasteiger partial charge in [-0.3, -0.25) is 9.59 Å². The number of nitrogens with zero attached hydrogens (tertiary/aromatic N) is 2. The Morgan fingerprint density at radius 2 is 1.86 bits per heavy atom. The number of aliphatic hydroxyl groups excluding tert-OH is 1. The number of benzene rings is 1. The van der Waals surface area contributed by atoms with Crippen LogP contribution >= 0.6 is 0 Å². The molecular formula is C26H38N4O6. The molecule has 2 aliphatic rings. The summed E-state index contributed by atoms with van der Waals surface area (Å²) < 4.78 is 10.7. The van der Waals surface area contributed by atoms with Crippen LogP contribution in [0.4, 0.5) is 4.79 Å². The van der Waals surface area contributed by atoms with E-state index in [1.165, 1.54) is 4.90 Å². The summed E-state index contributed by atoms with van der Waals surface area (Å²) in [6, 6.07) is 7.13. The maximum absolute atomic E-state index is 13.5. The molecule has 3 amide bonds. The minimum Gasteiger partial charge on any atom is -0.477 e. The molecule has 3 N–H and O–H groups in total. The molecule has 0 aliphatic carbocycles. The van der Waals surface area contributed by atoms with Crippen LogP contribution in [0.25, 0.3) is 0 Å². The van der Waals surface area contributed by atoms with Gasteiger partial charge < -0.3 is 30.1 Å². The fourth-order valence-electron chi connectivity index (χ4n) is 4.44. The Hall–Kier alpha value is -3.14. The van der Waals surface area contributed by atoms with E-state index in [2.05, 4.69) is 15.6 Å². The quantitative estimate of drug-likeness (QED) is 0.448. The molecule has 0 saturated carbocycles. The number of nitrogens with one attached hydrogen (secondary N) is 2. The number of aliphatic imine (C=N–C) groups is 1. The summed E-state index contributed by atoms with van der Waals surface area (Å²) in [5.41, 5.74) is 0.840. The Morgan fingerprint density at radius 3 is 2.47 bits per heavy atom. The van der Waals surface area contributed by atoms with Gasteiger partial charge in [-0.2, -0.15) is 0 Å². The largest absolute Gasteiger partial charge is 0.477 e. The third-order valence-corrected chi connectivity index (χ3v) is 6.49. The van der Waals surface area contributed by atoms with E-state index >= 15 is 0 Å². The molecule has 0 spiro atoms. The molecule has 4 atom stereocenters. The van der Waals surface area contributed by atoms with Gasteiger partial charge in [0.05, 0.1) is 12.6 Å². The van der Waals surface area contributed by atoms with Gasteiger partial charge in [-0.15, -0.1) is 0 Å². The summed E-state index contributed by atoms with van der Waals surface area (Å²) in [7, 11) is 0. The number of rotatable bonds is 10. The molecule has 10 heteroatoms. The van der Waals surface area contributed by atoms with Crippen molar-refractivity contribution in [2.24, 2.45) is 16.8 Å². The van der Waals surface area contributed by atoms with Gasteiger partial charge in [-0.25, -0.2) is 9.79 Å². The number of ether oxygens (including phenoxy) is 2. The molecule has 2 aliphatic heterocycles. The maximum Gasteiger partial charge on any atom is 0.408 e. The van der Waals surface area contributed by atoms with Crippen LogP contribution in [-0.4, -0.2) is 77.7 Å². The van der Waals surface area contributed by atoms with Gasteiger partial charge in [0, 0.05) is 6.54 Å². The minimum atomic E-state index is -1.06. The Balaban J connectivity index is 1.63. The first-order valence-electron chi connectivity index (χ1n) is 12.6. The van der Waals surface area contributed by atoms with Crippen LogP contribution < -0.4 is 10.6 Å². The zero-order valence-electron chi connectivity index (χ0n) is 21.5. The molecular weight excluding hydrogens is 464 g/mol. The Morgan fingerprint density at radius 1 is 1.14 bits per heavy atom. The molecule has 10 nitrogen and oxygen atoms in total. The fraction of sp³-hybridized carbons (Fsp3) is 0.615. The van der Waals surface area contributed by atoms with Gasteiger partial charge in [-0.1, -0.05) is 58.0 Å². The molecule has 0 radical (unpaired) electrons. The lowest BCUT2D eigenvalue weighted by Gasteiger charge is -2.32. The maximum atomic E-state index is 13.5. The van der Waals surface area contributed by atoms with Crippen molar-refractivity contribution in [3.05, 3.63) is 35.9 Å². The van der Waals surface area contributed by atoms with Crippen molar-refractivity contribution < 1.29 is 29.0 Å². The monoisotopic (exact) mass is 502 g/mol. The number of alkyl carbamates (subject to hydrolysis) is 1. The Labute approximate surface area is 212 Å². The lowest BCUT2D eigenvalue weighted by atomic mass is 9.97. The van der Waals surface area contributed by atoms with Gasteiger partial charge in [0.2, 0.25) is 17.7 Å². The van der Waals surface area contributed by atoms with E-state index < -0.39 is 30.3 Å². The molecule has 2 heterocycles. The molecule has 3 rings (SSSR count). The van der Waals surface area contributed by atoms with E-state index in [0.29, 0.717) is 32.5 Å². The molecule has 1 fully saturated rings. The predicted octanol–water partition coefficient (Wildman–Crippen LogP) is 1.86. The Kier molecular flexibility index (Phi) is 9.69. The minimum absolute atomic E-state index is 0.0916. The molecule has 1 saturated heterocycles. The van der Waals surface area contributed by atoms with Crippen LogP contribution in [0.2, 0.25) is 0 Å². The number of carbonyl (C=O) groups is 3. The number of amides is 3. The van der Waals surface area contributed by atoms with Gasteiger partial charge in [0.25, 0.3) is 0 Å². The van der Waals surface area contributed by atoms with E-state index in [9.17, 15) is 19.5 Å². The Bertz CT molecular complexity index is 936. The zero-order chi connectivity index (χ0) is 26.2. The van der Waals surface area contributed by atoms with E-state index in [1.54, 1.807) is 0 Å². The second kappa shape index (κ2) is 12.7. The first-order chi connectivity index (χ1) is 17.2. The summed E-state index contributed by atoms with van der Waals surface area (Å²) in [6.07, 6.45) is -0.588. The zero-order valence-corrected chi connectivity index (χ0v) is 21.5. The number of aliphatic hydroxyl groups is 1. The SMILES string of the molecule is CC(C)[C@H](NC(=O)[C@@H]1CCCN1C(=O)[C@@H](NC(=O)OCc1ccccc1)C(C)C)C(O)C1=NCCO1. The van der Waals surface area contributed by atoms with E-state index in [0.717, 1.165) is 5.56 Å². The van der Waals surface area contributed by atoms with Crippen molar-refractivity contribution >= 4 is 23.8 Å². The topological polar surface area (TPSA) is 130 Å². The lowest BCUT2D eigenvalue weighted by Crippen LogP contribution is -2.58. The lowest BCUT2D eigenvalue weighted by molar-refractivity contribution is -0.141. The highest BCUT2D eigenvalue weighted by Gasteiger charge is 2.41. The number of hydrogen-bond donors (Lipinski definition) is 3. The second-order valence-corrected chi connectivity index (χ2v) is 9.91. The van der Waals surface area contributed by atoms with Gasteiger partial charge in [0.1, 0.15) is 31.4 Å². The normalized spacial score (nSPS) is 19.9. The molecule has 0 bridgehead atoms. The van der Waals surface area contributed by atoms with Crippen molar-refractivity contribution in [3.8, 4) is 0 Å². The van der Waals surface area contributed by atoms with Gasteiger partial charge >= 0.3 is 6.09 Å². The summed E-state index contributed by atoms with van der Waals surface area (Å²) in [5, 5.41) is 16.3. The number of carbonyl (C=O) groups excluding carboxylic acids is 3. The van der Waals surface area contributed by atoms with Crippen LogP contribution in [0.15, 0.2) is 35.3 Å². The molecule has 198 valence electrons. The number of likely N-dealkylation sites (tertiary alicyclic amines) is 1. The van der Waals surface area contributed by atoms with Gasteiger partial charge in [-0.05, 0) is 30.2 Å². The average molecular weight is 503 g/mol. The van der Waals surface area contributed by atoms with Crippen LogP contribution in [0, 0.1) is 11.8 Å². The van der Waals surface area contributed by atoms with Crippen LogP contribution in [-0.2, 0) is 25.7 Å². The van der Waals surface area contributed by atoms with Crippen molar-refractivity contribution in [1.82, 2.24) is 15.5 Å². The molecule has 0 aromatic heterocycles. The van der Waals surface area contributed by atoms with E-state index in [1.807, 2.05) is 58.0 Å². The summed E-state index contributed by atoms with van der Waals surface area (Å²) in [4.78, 5) is 44.9. The second-order valence-electron chi connectivity index (χ2n) is 9.91. The fourth-order valence-corrected chi connectivity index (χ4v) is 4.44. The summed E-state index contributed by atoms with van der Waals surface area (Å²) in [5.74, 6) is -0.748. The predicted molar refractivity (Wildman–Crippen MR) is 134 cm³/mol. The molecule has 1 unspecified atom stereocenters. The first-order valence-corrected chi connectivity index (χ1v) is 12.6. The third kappa shape index (κ3) is 6.96. The van der Waals surface area contributed by atoms with Crippen LogP contribution in [0.3, 0.4) is 0 Å². The van der Waals surface area contributed by atoms with Gasteiger partial charge in [0.15, 0.2) is 0 Å². The van der Waals surface area contributed by atoms with Crippen LogP contribution in [0.5, 0.6) is 0 Å². The summed E-state index contributed by atoms with van der Waals surface area (Å²) in [6.45, 7) is 8.83. The highest BCUT2D eigenvalue weighted by molar-refractivity contribution is 5.92. The standard InChI is InChI=1S/C26H38N4O6/c1-16(2)20(22(31)24-27-12-14-35-24)28-23(32)19-11-8-13-30(19)25(33)21(17(3)4)29-26(34)36-15-18-9-6-5-7-10-18/h5-7,9-10,16-17,19-22,31H,8,11-15H2,1-4H3,(H,28,32)(H,29,34)/t19-,20-,21-,22?/m0/s1. The summed E-state index contributed by atoms with van der Waals surface area (Å²) >= 11 is 0. The third-order valence-electron chi connectivity index (χ3n) is 6.49. The first kappa shape index (κ1) is 27.4. The van der Waals surface area contributed by atoms with Crippen molar-refractivity contribution in [1.29, 1.82) is 0 Å². The molecule has 1 aromatic carbocycles. The smallest absolute Gasteiger partial charge is 0.408 e. The average Bonchev–Trinajstić information content (AvgIpc) is 3.56. The number of hydrogen-bond acceptors (Lipinski definition) is 7. The van der Waals surface area contributed by atoms with E-state index in [-0.39, 0.29) is 36.2 Å². The van der Waals surface area contributed by atoms with Crippen molar-refractivity contribution in [2.45, 2.75) is 71.4 Å². The molecule has 36 heavy (non-hydrogen) atoms. The van der Waals surface area contributed by atoms with E-state index in [4.69, 9.17) is 9.47 Å². The highest BCUT2D eigenvalue weighted by Crippen LogP contribution is 2.22. The van der Waals surface area contributed by atoms with Crippen molar-refractivity contribution in [2.75, 3.05) is 19.7 Å². The van der Waals surface area contributed by atoms with Crippen LogP contribution in [0.1, 0.15) is 46.1 Å². The van der Waals surface area contributed by atoms with Crippen molar-refractivity contribution in [3.63, 3.8) is 0 Å². The molecule has 1 aromatic rings.